The topological polar surface area (TPSA) is 131 Å². The van der Waals surface area contributed by atoms with E-state index in [1.165, 1.54) is 16.7 Å². The van der Waals surface area contributed by atoms with Crippen LogP contribution in [0.4, 0.5) is 0 Å². The predicted molar refractivity (Wildman–Crippen MR) is 135 cm³/mol. The van der Waals surface area contributed by atoms with E-state index in [9.17, 15) is 9.59 Å². The van der Waals surface area contributed by atoms with Gasteiger partial charge < -0.3 is 27.4 Å². The largest absolute Gasteiger partial charge is 0.340 e. The number of benzene rings is 2. The smallest absolute Gasteiger partial charge is 0.238 e. The lowest BCUT2D eigenvalue weighted by atomic mass is 9.98. The minimum Gasteiger partial charge on any atom is -0.340 e. The summed E-state index contributed by atoms with van der Waals surface area (Å²) in [6, 6.07) is 17.7. The lowest BCUT2D eigenvalue weighted by Gasteiger charge is -2.36. The van der Waals surface area contributed by atoms with Crippen molar-refractivity contribution in [3.05, 3.63) is 71.3 Å². The molecule has 0 fully saturated rings. The number of nitrogens with two attached hydrogens (primary N) is 3. The fourth-order valence-electron chi connectivity index (χ4n) is 4.43. The second-order valence-electron chi connectivity index (χ2n) is 8.81. The fraction of sp³-hybridized carbons (Fsp3) is 0.462. The van der Waals surface area contributed by atoms with Gasteiger partial charge in [-0.2, -0.15) is 0 Å². The highest BCUT2D eigenvalue weighted by Gasteiger charge is 2.28. The standard InChI is InChI=1S/C26H38N6O2/c27-13-16-31(17-14-28)25(33)18-23(29)26(34)30-24(11-10-20-6-2-1-3-7-20)32-15-12-21-8-4-5-9-22(21)19-32/h1-9,23-24H,10-19,27-29H2,(H,30,34)/t23-,24+/m0/s1. The van der Waals surface area contributed by atoms with Crippen molar-refractivity contribution in [3.8, 4) is 0 Å². The van der Waals surface area contributed by atoms with Gasteiger partial charge in [-0.05, 0) is 36.0 Å². The number of hydrogen-bond acceptors (Lipinski definition) is 6. The van der Waals surface area contributed by atoms with Gasteiger partial charge in [0.05, 0.1) is 18.6 Å². The van der Waals surface area contributed by atoms with Crippen LogP contribution >= 0.6 is 0 Å². The molecule has 0 spiro atoms. The van der Waals surface area contributed by atoms with Gasteiger partial charge in [-0.25, -0.2) is 0 Å². The summed E-state index contributed by atoms with van der Waals surface area (Å²) in [5.74, 6) is -0.517. The Balaban J connectivity index is 1.66. The normalized spacial score (nSPS) is 15.3. The minimum atomic E-state index is -0.929. The highest BCUT2D eigenvalue weighted by molar-refractivity contribution is 5.88. The summed E-state index contributed by atoms with van der Waals surface area (Å²) in [5.41, 5.74) is 21.2. The van der Waals surface area contributed by atoms with Gasteiger partial charge in [0.1, 0.15) is 0 Å². The van der Waals surface area contributed by atoms with Crippen LogP contribution in [-0.2, 0) is 29.0 Å². The molecule has 2 aromatic carbocycles. The molecule has 0 bridgehead atoms. The van der Waals surface area contributed by atoms with Gasteiger partial charge in [-0.1, -0.05) is 54.6 Å². The van der Waals surface area contributed by atoms with Gasteiger partial charge in [-0.15, -0.1) is 0 Å². The van der Waals surface area contributed by atoms with E-state index in [-0.39, 0.29) is 24.4 Å². The van der Waals surface area contributed by atoms with Crippen LogP contribution in [0.1, 0.15) is 29.5 Å². The number of hydrogen-bond donors (Lipinski definition) is 4. The number of fused-ring (bicyclic) bond motifs is 1. The molecular weight excluding hydrogens is 428 g/mol. The van der Waals surface area contributed by atoms with Crippen LogP contribution in [0.3, 0.4) is 0 Å². The average Bonchev–Trinajstić information content (AvgIpc) is 2.86. The van der Waals surface area contributed by atoms with Crippen molar-refractivity contribution < 1.29 is 9.59 Å². The van der Waals surface area contributed by atoms with Gasteiger partial charge in [0, 0.05) is 39.3 Å². The Labute approximate surface area is 202 Å². The summed E-state index contributed by atoms with van der Waals surface area (Å²) < 4.78 is 0. The van der Waals surface area contributed by atoms with E-state index in [0.717, 1.165) is 32.4 Å². The zero-order valence-electron chi connectivity index (χ0n) is 19.9. The molecule has 0 saturated carbocycles. The van der Waals surface area contributed by atoms with E-state index in [4.69, 9.17) is 17.2 Å². The third-order valence-electron chi connectivity index (χ3n) is 6.34. The molecule has 0 aliphatic carbocycles. The van der Waals surface area contributed by atoms with Gasteiger partial charge in [-0.3, -0.25) is 14.5 Å². The van der Waals surface area contributed by atoms with Gasteiger partial charge in [0.25, 0.3) is 0 Å². The van der Waals surface area contributed by atoms with E-state index in [2.05, 4.69) is 46.6 Å². The maximum Gasteiger partial charge on any atom is 0.238 e. The summed E-state index contributed by atoms with van der Waals surface area (Å²) in [4.78, 5) is 29.5. The Morgan fingerprint density at radius 3 is 2.29 bits per heavy atom. The quantitative estimate of drug-likeness (QED) is 0.362. The predicted octanol–water partition coefficient (Wildman–Crippen LogP) is 0.583. The Kier molecular flexibility index (Phi) is 10.0. The van der Waals surface area contributed by atoms with Crippen molar-refractivity contribution in [2.24, 2.45) is 17.2 Å². The summed E-state index contributed by atoms with van der Waals surface area (Å²) >= 11 is 0. The molecule has 1 aliphatic rings. The summed E-state index contributed by atoms with van der Waals surface area (Å²) in [5, 5.41) is 3.14. The summed E-state index contributed by atoms with van der Waals surface area (Å²) in [6.07, 6.45) is 2.28. The SMILES string of the molecule is NCCN(CCN)C(=O)C[C@H](N)C(=O)N[C@@H](CCc1ccccc1)N1CCc2ccccc2C1. The van der Waals surface area contributed by atoms with Crippen molar-refractivity contribution >= 4 is 11.8 Å². The van der Waals surface area contributed by atoms with Gasteiger partial charge in [0.15, 0.2) is 0 Å². The molecule has 184 valence electrons. The first-order valence-electron chi connectivity index (χ1n) is 12.1. The highest BCUT2D eigenvalue weighted by atomic mass is 16.2. The van der Waals surface area contributed by atoms with E-state index >= 15 is 0 Å². The van der Waals surface area contributed by atoms with Crippen LogP contribution in [0, 0.1) is 0 Å². The highest BCUT2D eigenvalue weighted by Crippen LogP contribution is 2.21. The number of carbonyl (C=O) groups excluding carboxylic acids is 2. The van der Waals surface area contributed by atoms with Gasteiger partial charge >= 0.3 is 0 Å². The first-order valence-corrected chi connectivity index (χ1v) is 12.1. The van der Waals surface area contributed by atoms with Crippen molar-refractivity contribution in [2.75, 3.05) is 32.7 Å². The Morgan fingerprint density at radius 1 is 0.971 bits per heavy atom. The van der Waals surface area contributed by atoms with Crippen molar-refractivity contribution in [1.82, 2.24) is 15.1 Å². The Bertz CT molecular complexity index is 917. The molecule has 1 heterocycles. The molecule has 34 heavy (non-hydrogen) atoms. The summed E-state index contributed by atoms with van der Waals surface area (Å²) in [6.45, 7) is 3.10. The van der Waals surface area contributed by atoms with Crippen molar-refractivity contribution in [1.29, 1.82) is 0 Å². The lowest BCUT2D eigenvalue weighted by Crippen LogP contribution is -2.55. The molecule has 2 aromatic rings. The van der Waals surface area contributed by atoms with Crippen LogP contribution in [-0.4, -0.2) is 66.5 Å². The van der Waals surface area contributed by atoms with Crippen LogP contribution in [0.15, 0.2) is 54.6 Å². The number of nitrogens with one attached hydrogen (secondary N) is 1. The Hall–Kier alpha value is -2.78. The van der Waals surface area contributed by atoms with Crippen LogP contribution < -0.4 is 22.5 Å². The zero-order chi connectivity index (χ0) is 24.3. The fourth-order valence-corrected chi connectivity index (χ4v) is 4.43. The number of aryl methyl sites for hydroxylation is 1. The molecule has 2 atom stereocenters. The second kappa shape index (κ2) is 13.2. The maximum absolute atomic E-state index is 13.0. The molecule has 0 unspecified atom stereocenters. The number of amides is 2. The molecule has 0 aromatic heterocycles. The number of rotatable bonds is 12. The van der Waals surface area contributed by atoms with Crippen molar-refractivity contribution in [3.63, 3.8) is 0 Å². The van der Waals surface area contributed by atoms with E-state index < -0.39 is 6.04 Å². The zero-order valence-corrected chi connectivity index (χ0v) is 19.9. The van der Waals surface area contributed by atoms with Crippen LogP contribution in [0.5, 0.6) is 0 Å². The van der Waals surface area contributed by atoms with E-state index in [1.807, 2.05) is 18.2 Å². The third kappa shape index (κ3) is 7.36. The van der Waals surface area contributed by atoms with Crippen LogP contribution in [0.25, 0.3) is 0 Å². The van der Waals surface area contributed by atoms with E-state index in [1.54, 1.807) is 4.90 Å². The third-order valence-corrected chi connectivity index (χ3v) is 6.34. The van der Waals surface area contributed by atoms with Crippen molar-refractivity contribution in [2.45, 2.75) is 44.4 Å². The molecule has 0 saturated heterocycles. The Morgan fingerprint density at radius 2 is 1.62 bits per heavy atom. The lowest BCUT2D eigenvalue weighted by molar-refractivity contribution is -0.134. The summed E-state index contributed by atoms with van der Waals surface area (Å²) in [7, 11) is 0. The van der Waals surface area contributed by atoms with E-state index in [0.29, 0.717) is 26.2 Å². The molecule has 0 radical (unpaired) electrons. The molecular formula is C26H38N6O2. The molecule has 8 heteroatoms. The number of carbonyl (C=O) groups is 2. The molecule has 7 N–H and O–H groups in total. The first kappa shape index (κ1) is 25.8. The average molecular weight is 467 g/mol. The van der Waals surface area contributed by atoms with Crippen LogP contribution in [0.2, 0.25) is 0 Å². The molecule has 2 amide bonds. The first-order chi connectivity index (χ1) is 16.5. The minimum absolute atomic E-state index is 0.0694. The maximum atomic E-state index is 13.0. The monoisotopic (exact) mass is 466 g/mol. The molecule has 3 rings (SSSR count). The van der Waals surface area contributed by atoms with Gasteiger partial charge in [0.2, 0.25) is 11.8 Å². The number of nitrogens with zero attached hydrogens (tertiary/aromatic N) is 2. The molecule has 1 aliphatic heterocycles. The molecule has 8 nitrogen and oxygen atoms in total. The second-order valence-corrected chi connectivity index (χ2v) is 8.81.